The maximum absolute atomic E-state index is 10.5. The lowest BCUT2D eigenvalue weighted by Gasteiger charge is -2.05. The van der Waals surface area contributed by atoms with Crippen molar-refractivity contribution >= 4 is 17.7 Å². The molecule has 1 N–H and O–H groups in total. The molecule has 0 unspecified atom stereocenters. The third-order valence-corrected chi connectivity index (χ3v) is 3.26. The zero-order chi connectivity index (χ0) is 13.7. The van der Waals surface area contributed by atoms with Crippen LogP contribution in [0, 0.1) is 0 Å². The van der Waals surface area contributed by atoms with Gasteiger partial charge in [-0.1, -0.05) is 23.9 Å². The van der Waals surface area contributed by atoms with Gasteiger partial charge in [-0.15, -0.1) is 5.10 Å². The smallest absolute Gasteiger partial charge is 0.313 e. The molecule has 0 saturated carbocycles. The zero-order valence-corrected chi connectivity index (χ0v) is 11.0. The molecule has 0 aliphatic carbocycles. The van der Waals surface area contributed by atoms with Crippen molar-refractivity contribution in [2.45, 2.75) is 11.7 Å². The maximum atomic E-state index is 10.5. The highest BCUT2D eigenvalue weighted by Crippen LogP contribution is 2.16. The molecule has 100 valence electrons. The van der Waals surface area contributed by atoms with Gasteiger partial charge in [-0.2, -0.15) is 0 Å². The first kappa shape index (κ1) is 13.3. The van der Waals surface area contributed by atoms with E-state index >= 15 is 0 Å². The van der Waals surface area contributed by atoms with Gasteiger partial charge in [0.05, 0.1) is 19.4 Å². The molecule has 0 radical (unpaired) electrons. The Balaban J connectivity index is 2.05. The quantitative estimate of drug-likeness (QED) is 0.786. The number of nitrogens with zero attached hydrogens (tertiary/aromatic N) is 4. The molecule has 19 heavy (non-hydrogen) atoms. The van der Waals surface area contributed by atoms with Crippen LogP contribution in [0.5, 0.6) is 5.75 Å². The van der Waals surface area contributed by atoms with Gasteiger partial charge in [-0.3, -0.25) is 4.79 Å². The van der Waals surface area contributed by atoms with Crippen LogP contribution in [0.3, 0.4) is 0 Å². The van der Waals surface area contributed by atoms with Gasteiger partial charge in [0.1, 0.15) is 5.75 Å². The number of benzene rings is 1. The minimum atomic E-state index is -0.899. The number of aliphatic carboxylic acids is 1. The molecule has 0 saturated heterocycles. The minimum absolute atomic E-state index is 0.0665. The predicted octanol–water partition coefficient (Wildman–Crippen LogP) is 0.907. The topological polar surface area (TPSA) is 90.1 Å². The van der Waals surface area contributed by atoms with Crippen LogP contribution in [0.2, 0.25) is 0 Å². The SMILES string of the molecule is COc1ccc(Cn2nnnc2SCC(=O)O)cc1. The van der Waals surface area contributed by atoms with Crippen LogP contribution >= 0.6 is 11.8 Å². The third-order valence-electron chi connectivity index (χ3n) is 2.32. The molecule has 8 heteroatoms. The van der Waals surface area contributed by atoms with E-state index in [1.54, 1.807) is 11.8 Å². The van der Waals surface area contributed by atoms with E-state index in [2.05, 4.69) is 15.5 Å². The first-order valence-electron chi connectivity index (χ1n) is 5.42. The van der Waals surface area contributed by atoms with Crippen molar-refractivity contribution in [3.05, 3.63) is 29.8 Å². The maximum Gasteiger partial charge on any atom is 0.313 e. The van der Waals surface area contributed by atoms with Gasteiger partial charge in [0.25, 0.3) is 0 Å². The molecular weight excluding hydrogens is 268 g/mol. The van der Waals surface area contributed by atoms with E-state index in [4.69, 9.17) is 9.84 Å². The van der Waals surface area contributed by atoms with Gasteiger partial charge < -0.3 is 9.84 Å². The lowest BCUT2D eigenvalue weighted by Crippen LogP contribution is -2.06. The average molecular weight is 280 g/mol. The molecule has 0 fully saturated rings. The number of hydrogen-bond donors (Lipinski definition) is 1. The van der Waals surface area contributed by atoms with Crippen molar-refractivity contribution in [1.29, 1.82) is 0 Å². The number of carboxylic acid groups (broad SMARTS) is 1. The number of carboxylic acids is 1. The Morgan fingerprint density at radius 1 is 1.42 bits per heavy atom. The summed E-state index contributed by atoms with van der Waals surface area (Å²) in [4.78, 5) is 10.5. The molecule has 2 rings (SSSR count). The lowest BCUT2D eigenvalue weighted by molar-refractivity contribution is -0.133. The van der Waals surface area contributed by atoms with Crippen LogP contribution in [-0.4, -0.2) is 44.1 Å². The van der Waals surface area contributed by atoms with Crippen molar-refractivity contribution in [1.82, 2.24) is 20.2 Å². The van der Waals surface area contributed by atoms with Crippen molar-refractivity contribution in [3.63, 3.8) is 0 Å². The minimum Gasteiger partial charge on any atom is -0.497 e. The van der Waals surface area contributed by atoms with Gasteiger partial charge in [-0.05, 0) is 28.1 Å². The summed E-state index contributed by atoms with van der Waals surface area (Å²) >= 11 is 1.09. The summed E-state index contributed by atoms with van der Waals surface area (Å²) in [5, 5.41) is 20.3. The summed E-state index contributed by atoms with van der Waals surface area (Å²) < 4.78 is 6.64. The molecule has 1 heterocycles. The van der Waals surface area contributed by atoms with E-state index in [-0.39, 0.29) is 5.75 Å². The monoisotopic (exact) mass is 280 g/mol. The first-order chi connectivity index (χ1) is 9.19. The Labute approximate surface area is 113 Å². The van der Waals surface area contributed by atoms with E-state index in [0.717, 1.165) is 23.1 Å². The van der Waals surface area contributed by atoms with Crippen molar-refractivity contribution < 1.29 is 14.6 Å². The van der Waals surface area contributed by atoms with E-state index in [1.165, 1.54) is 0 Å². The molecule has 0 amide bonds. The number of carbonyl (C=O) groups is 1. The Hall–Kier alpha value is -2.09. The third kappa shape index (κ3) is 3.68. The molecule has 0 aliphatic heterocycles. The van der Waals surface area contributed by atoms with Crippen LogP contribution in [-0.2, 0) is 11.3 Å². The second-order valence-electron chi connectivity index (χ2n) is 3.65. The van der Waals surface area contributed by atoms with Gasteiger partial charge in [-0.25, -0.2) is 4.68 Å². The molecule has 0 aliphatic rings. The molecule has 1 aromatic carbocycles. The van der Waals surface area contributed by atoms with Gasteiger partial charge in [0.15, 0.2) is 0 Å². The summed E-state index contributed by atoms with van der Waals surface area (Å²) in [5.41, 5.74) is 1.00. The Bertz CT molecular complexity index is 555. The van der Waals surface area contributed by atoms with Crippen LogP contribution in [0.25, 0.3) is 0 Å². The number of thioether (sulfide) groups is 1. The summed E-state index contributed by atoms with van der Waals surface area (Å²) in [7, 11) is 1.61. The highest BCUT2D eigenvalue weighted by molar-refractivity contribution is 7.99. The summed E-state index contributed by atoms with van der Waals surface area (Å²) in [5.74, 6) is -0.187. The second-order valence-corrected chi connectivity index (χ2v) is 4.59. The fraction of sp³-hybridized carbons (Fsp3) is 0.273. The molecule has 2 aromatic rings. The van der Waals surface area contributed by atoms with E-state index in [1.807, 2.05) is 24.3 Å². The standard InChI is InChI=1S/C11H12N4O3S/c1-18-9-4-2-8(3-5-9)6-15-11(12-13-14-15)19-7-10(16)17/h2-5H,6-7H2,1H3,(H,16,17). The molecule has 0 spiro atoms. The Kier molecular flexibility index (Phi) is 4.35. The zero-order valence-electron chi connectivity index (χ0n) is 10.2. The largest absolute Gasteiger partial charge is 0.497 e. The van der Waals surface area contributed by atoms with Gasteiger partial charge >= 0.3 is 5.97 Å². The van der Waals surface area contributed by atoms with Crippen LogP contribution in [0.4, 0.5) is 0 Å². The second kappa shape index (κ2) is 6.19. The Morgan fingerprint density at radius 2 is 2.16 bits per heavy atom. The summed E-state index contributed by atoms with van der Waals surface area (Å²) in [6, 6.07) is 7.52. The normalized spacial score (nSPS) is 10.4. The van der Waals surface area contributed by atoms with Crippen molar-refractivity contribution in [2.24, 2.45) is 0 Å². The highest BCUT2D eigenvalue weighted by atomic mass is 32.2. The van der Waals surface area contributed by atoms with Crippen molar-refractivity contribution in [2.75, 3.05) is 12.9 Å². The average Bonchev–Trinajstić information content (AvgIpc) is 2.84. The fourth-order valence-corrected chi connectivity index (χ4v) is 2.03. The van der Waals surface area contributed by atoms with Gasteiger partial charge in [0, 0.05) is 0 Å². The van der Waals surface area contributed by atoms with E-state index in [9.17, 15) is 4.79 Å². The molecule has 1 aromatic heterocycles. The van der Waals surface area contributed by atoms with Gasteiger partial charge in [0.2, 0.25) is 5.16 Å². The molecular formula is C11H12N4O3S. The number of aromatic nitrogens is 4. The van der Waals surface area contributed by atoms with Crippen LogP contribution in [0.15, 0.2) is 29.4 Å². The summed E-state index contributed by atoms with van der Waals surface area (Å²) in [6.45, 7) is 0.485. The first-order valence-corrected chi connectivity index (χ1v) is 6.41. The number of hydrogen-bond acceptors (Lipinski definition) is 6. The number of methoxy groups -OCH3 is 1. The number of tetrazole rings is 1. The predicted molar refractivity (Wildman–Crippen MR) is 68.3 cm³/mol. The van der Waals surface area contributed by atoms with Crippen LogP contribution < -0.4 is 4.74 Å². The molecule has 7 nitrogen and oxygen atoms in total. The van der Waals surface area contributed by atoms with E-state index in [0.29, 0.717) is 11.7 Å². The number of rotatable bonds is 6. The molecule has 0 bridgehead atoms. The van der Waals surface area contributed by atoms with E-state index < -0.39 is 5.97 Å². The molecule has 0 atom stereocenters. The van der Waals surface area contributed by atoms with Crippen molar-refractivity contribution in [3.8, 4) is 5.75 Å². The highest BCUT2D eigenvalue weighted by Gasteiger charge is 2.09. The Morgan fingerprint density at radius 3 is 2.79 bits per heavy atom. The fourth-order valence-electron chi connectivity index (χ4n) is 1.43. The summed E-state index contributed by atoms with van der Waals surface area (Å²) in [6.07, 6.45) is 0. The van der Waals surface area contributed by atoms with Crippen LogP contribution in [0.1, 0.15) is 5.56 Å². The number of ether oxygens (including phenoxy) is 1. The lowest BCUT2D eigenvalue weighted by atomic mass is 10.2.